The lowest BCUT2D eigenvalue weighted by Crippen LogP contribution is -2.46. The number of nitrogens with one attached hydrogen (secondary N) is 2. The summed E-state index contributed by atoms with van der Waals surface area (Å²) in [6.45, 7) is -0.421. The van der Waals surface area contributed by atoms with Gasteiger partial charge in [-0.1, -0.05) is 31.4 Å². The van der Waals surface area contributed by atoms with E-state index in [0.717, 1.165) is 37.0 Å². The van der Waals surface area contributed by atoms with E-state index < -0.39 is 58.2 Å². The van der Waals surface area contributed by atoms with Crippen LogP contribution in [-0.2, 0) is 25.2 Å². The predicted molar refractivity (Wildman–Crippen MR) is 127 cm³/mol. The normalized spacial score (nSPS) is 14.8. The minimum atomic E-state index is -1.91. The maximum absolute atomic E-state index is 14.4. The van der Waals surface area contributed by atoms with E-state index in [2.05, 4.69) is 10.6 Å². The van der Waals surface area contributed by atoms with E-state index in [9.17, 15) is 27.4 Å². The summed E-state index contributed by atoms with van der Waals surface area (Å²) in [6.07, 6.45) is 4.85. The molecule has 2 aromatic rings. The molecule has 3 amide bonds. The maximum atomic E-state index is 14.4. The number of benzene rings is 2. The zero-order chi connectivity index (χ0) is 24.5. The molecule has 10 heteroatoms. The second-order valence-corrected chi connectivity index (χ2v) is 9.57. The van der Waals surface area contributed by atoms with Crippen LogP contribution in [0, 0.1) is 11.6 Å². The third-order valence-corrected chi connectivity index (χ3v) is 6.57. The van der Waals surface area contributed by atoms with Crippen LogP contribution >= 0.6 is 0 Å². The third kappa shape index (κ3) is 7.72. The molecule has 3 rings (SSSR count). The smallest absolute Gasteiger partial charge is 0.240 e. The van der Waals surface area contributed by atoms with Crippen LogP contribution in [-0.4, -0.2) is 46.0 Å². The molecule has 2 aromatic carbocycles. The van der Waals surface area contributed by atoms with Gasteiger partial charge >= 0.3 is 0 Å². The molecule has 0 aromatic heterocycles. The summed E-state index contributed by atoms with van der Waals surface area (Å²) < 4.78 is 39.9. The van der Waals surface area contributed by atoms with Gasteiger partial charge in [-0.2, -0.15) is 0 Å². The average Bonchev–Trinajstić information content (AvgIpc) is 2.80. The largest absolute Gasteiger partial charge is 0.352 e. The highest BCUT2D eigenvalue weighted by molar-refractivity contribution is 7.86. The van der Waals surface area contributed by atoms with Crippen molar-refractivity contribution in [1.29, 1.82) is 0 Å². The number of carbonyl (C=O) groups excluding carboxylic acids is 3. The first-order valence-electron chi connectivity index (χ1n) is 11.1. The highest BCUT2D eigenvalue weighted by atomic mass is 32.2. The van der Waals surface area contributed by atoms with Gasteiger partial charge in [0.15, 0.2) is 0 Å². The Balaban J connectivity index is 1.62. The van der Waals surface area contributed by atoms with Crippen molar-refractivity contribution in [3.8, 4) is 0 Å². The fourth-order valence-electron chi connectivity index (χ4n) is 3.79. The number of hydrogen-bond acceptors (Lipinski definition) is 4. The Morgan fingerprint density at radius 2 is 1.59 bits per heavy atom. The number of para-hydroxylation sites is 1. The van der Waals surface area contributed by atoms with Crippen molar-refractivity contribution in [3.63, 3.8) is 0 Å². The molecule has 2 N–H and O–H groups in total. The second-order valence-electron chi connectivity index (χ2n) is 8.12. The van der Waals surface area contributed by atoms with Gasteiger partial charge in [-0.05, 0) is 49.2 Å². The predicted octanol–water partition coefficient (Wildman–Crippen LogP) is 3.13. The minimum Gasteiger partial charge on any atom is -0.352 e. The lowest BCUT2D eigenvalue weighted by Gasteiger charge is -2.26. The van der Waals surface area contributed by atoms with Crippen molar-refractivity contribution in [2.24, 2.45) is 0 Å². The molecule has 0 heterocycles. The first-order chi connectivity index (χ1) is 16.3. The number of nitrogens with zero attached hydrogens (tertiary/aromatic N) is 1. The van der Waals surface area contributed by atoms with E-state index in [0.29, 0.717) is 5.69 Å². The second kappa shape index (κ2) is 12.4. The van der Waals surface area contributed by atoms with E-state index in [-0.39, 0.29) is 11.7 Å². The van der Waals surface area contributed by atoms with Crippen LogP contribution in [0.25, 0.3) is 0 Å². The fraction of sp³-hybridized carbons (Fsp3) is 0.375. The monoisotopic (exact) mass is 491 g/mol. The van der Waals surface area contributed by atoms with Crippen molar-refractivity contribution in [3.05, 3.63) is 60.2 Å². The molecule has 1 aliphatic rings. The van der Waals surface area contributed by atoms with Crippen LogP contribution < -0.4 is 15.5 Å². The van der Waals surface area contributed by atoms with Crippen LogP contribution in [0.2, 0.25) is 0 Å². The Hall–Kier alpha value is -3.14. The third-order valence-electron chi connectivity index (χ3n) is 5.42. The molecule has 1 fully saturated rings. The lowest BCUT2D eigenvalue weighted by molar-refractivity contribution is -0.123. The highest BCUT2D eigenvalue weighted by Crippen LogP contribution is 2.20. The zero-order valence-electron chi connectivity index (χ0n) is 18.6. The van der Waals surface area contributed by atoms with Crippen molar-refractivity contribution >= 4 is 39.9 Å². The van der Waals surface area contributed by atoms with Crippen LogP contribution in [0.3, 0.4) is 0 Å². The summed E-state index contributed by atoms with van der Waals surface area (Å²) >= 11 is 0. The SMILES string of the molecule is O=C(CS(=O)CC(=O)N(CC(=O)NC1CCCCC1)c1ccccc1F)Nc1ccc(F)cc1. The summed E-state index contributed by atoms with van der Waals surface area (Å²) in [6, 6.07) is 10.6. The van der Waals surface area contributed by atoms with Crippen molar-refractivity contribution < 1.29 is 27.4 Å². The van der Waals surface area contributed by atoms with Crippen LogP contribution in [0.5, 0.6) is 0 Å². The Morgan fingerprint density at radius 3 is 2.26 bits per heavy atom. The van der Waals surface area contributed by atoms with Crippen LogP contribution in [0.4, 0.5) is 20.2 Å². The summed E-state index contributed by atoms with van der Waals surface area (Å²) in [7, 11) is -1.91. The quantitative estimate of drug-likeness (QED) is 0.564. The molecule has 182 valence electrons. The molecule has 1 atom stereocenters. The summed E-state index contributed by atoms with van der Waals surface area (Å²) in [5.41, 5.74) is 0.223. The Morgan fingerprint density at radius 1 is 0.912 bits per heavy atom. The number of halogens is 2. The standard InChI is InChI=1S/C24H27F2N3O4S/c25-17-10-12-19(13-11-17)28-23(31)15-34(33)16-24(32)29(21-9-5-4-8-20(21)26)14-22(30)27-18-6-2-1-3-7-18/h4-5,8-13,18H,1-3,6-7,14-16H2,(H,27,30)(H,28,31). The van der Waals surface area contributed by atoms with Gasteiger partial charge in [0.1, 0.15) is 29.7 Å². The molecule has 0 saturated heterocycles. The summed E-state index contributed by atoms with van der Waals surface area (Å²) in [5.74, 6) is -4.00. The first kappa shape index (κ1) is 25.5. The summed E-state index contributed by atoms with van der Waals surface area (Å²) in [5, 5.41) is 5.36. The highest BCUT2D eigenvalue weighted by Gasteiger charge is 2.25. The van der Waals surface area contributed by atoms with Gasteiger partial charge in [0, 0.05) is 22.5 Å². The van der Waals surface area contributed by atoms with Gasteiger partial charge in [0.05, 0.1) is 5.69 Å². The van der Waals surface area contributed by atoms with E-state index >= 15 is 0 Å². The van der Waals surface area contributed by atoms with Gasteiger partial charge in [0.2, 0.25) is 17.7 Å². The Labute approximate surface area is 199 Å². The van der Waals surface area contributed by atoms with Crippen LogP contribution in [0.1, 0.15) is 32.1 Å². The van der Waals surface area contributed by atoms with E-state index in [4.69, 9.17) is 0 Å². The minimum absolute atomic E-state index is 0.0168. The van der Waals surface area contributed by atoms with Gasteiger partial charge < -0.3 is 10.6 Å². The van der Waals surface area contributed by atoms with E-state index in [1.54, 1.807) is 0 Å². The molecule has 0 radical (unpaired) electrons. The molecule has 1 aliphatic carbocycles. The number of anilines is 2. The topological polar surface area (TPSA) is 95.6 Å². The molecule has 0 spiro atoms. The number of amides is 3. The van der Waals surface area contributed by atoms with Crippen molar-refractivity contribution in [2.45, 2.75) is 38.1 Å². The molecule has 7 nitrogen and oxygen atoms in total. The zero-order valence-corrected chi connectivity index (χ0v) is 19.4. The summed E-state index contributed by atoms with van der Waals surface area (Å²) in [4.78, 5) is 38.6. The van der Waals surface area contributed by atoms with Crippen molar-refractivity contribution in [2.75, 3.05) is 28.3 Å². The molecule has 34 heavy (non-hydrogen) atoms. The molecular weight excluding hydrogens is 464 g/mol. The van der Waals surface area contributed by atoms with Gasteiger partial charge in [0.25, 0.3) is 0 Å². The van der Waals surface area contributed by atoms with Gasteiger partial charge in [-0.15, -0.1) is 0 Å². The number of rotatable bonds is 9. The Bertz CT molecular complexity index is 1040. The molecule has 0 bridgehead atoms. The van der Waals surface area contributed by atoms with E-state index in [1.807, 2.05) is 0 Å². The molecule has 1 saturated carbocycles. The maximum Gasteiger partial charge on any atom is 0.240 e. The lowest BCUT2D eigenvalue weighted by atomic mass is 9.95. The van der Waals surface area contributed by atoms with E-state index in [1.165, 1.54) is 48.5 Å². The van der Waals surface area contributed by atoms with Gasteiger partial charge in [-0.3, -0.25) is 23.5 Å². The molecular formula is C24H27F2N3O4S. The number of hydrogen-bond donors (Lipinski definition) is 2. The number of carbonyl (C=O) groups is 3. The average molecular weight is 492 g/mol. The fourth-order valence-corrected chi connectivity index (χ4v) is 4.68. The first-order valence-corrected chi connectivity index (χ1v) is 12.6. The Kier molecular flexibility index (Phi) is 9.26. The van der Waals surface area contributed by atoms with Crippen molar-refractivity contribution in [1.82, 2.24) is 5.32 Å². The van der Waals surface area contributed by atoms with Crippen LogP contribution in [0.15, 0.2) is 48.5 Å². The van der Waals surface area contributed by atoms with Gasteiger partial charge in [-0.25, -0.2) is 8.78 Å². The molecule has 0 aliphatic heterocycles. The molecule has 1 unspecified atom stereocenters.